The van der Waals surface area contributed by atoms with Crippen molar-refractivity contribution in [2.45, 2.75) is 19.8 Å². The largest absolute Gasteiger partial charge is 0.355 e. The Morgan fingerprint density at radius 2 is 2.38 bits per heavy atom. The van der Waals surface area contributed by atoms with Crippen molar-refractivity contribution in [2.75, 3.05) is 19.6 Å². The van der Waals surface area contributed by atoms with Gasteiger partial charge in [-0.25, -0.2) is 0 Å². The van der Waals surface area contributed by atoms with E-state index in [0.717, 1.165) is 4.90 Å². The molecule has 1 aliphatic rings. The van der Waals surface area contributed by atoms with Crippen molar-refractivity contribution in [1.29, 1.82) is 0 Å². The number of hydrogen-bond donors (Lipinski definition) is 2. The van der Waals surface area contributed by atoms with E-state index >= 15 is 0 Å². The molecule has 6 nitrogen and oxygen atoms in total. The van der Waals surface area contributed by atoms with Crippen molar-refractivity contribution in [3.8, 4) is 0 Å². The maximum atomic E-state index is 12.0. The van der Waals surface area contributed by atoms with Crippen LogP contribution in [0.2, 0.25) is 0 Å². The van der Waals surface area contributed by atoms with E-state index in [2.05, 4.69) is 5.32 Å². The number of carbonyl (C=O) groups excluding carboxylic acids is 3. The summed E-state index contributed by atoms with van der Waals surface area (Å²) in [7, 11) is 0. The third kappa shape index (κ3) is 2.57. The second-order valence-corrected chi connectivity index (χ2v) is 4.26. The molecule has 6 heteroatoms. The Morgan fingerprint density at radius 1 is 1.69 bits per heavy atom. The first-order valence-corrected chi connectivity index (χ1v) is 5.26. The monoisotopic (exact) mass is 227 g/mol. The summed E-state index contributed by atoms with van der Waals surface area (Å²) in [6.45, 7) is 2.71. The zero-order valence-electron chi connectivity index (χ0n) is 9.36. The first-order valence-electron chi connectivity index (χ1n) is 5.26. The molecule has 0 aliphatic carbocycles. The lowest BCUT2D eigenvalue weighted by molar-refractivity contribution is -0.146. The summed E-state index contributed by atoms with van der Waals surface area (Å²) in [4.78, 5) is 35.0. The molecule has 1 aliphatic heterocycles. The van der Waals surface area contributed by atoms with Gasteiger partial charge in [0.25, 0.3) is 0 Å². The lowest BCUT2D eigenvalue weighted by atomic mass is 9.88. The Morgan fingerprint density at radius 3 is 2.81 bits per heavy atom. The van der Waals surface area contributed by atoms with Crippen molar-refractivity contribution >= 4 is 18.2 Å². The van der Waals surface area contributed by atoms with E-state index in [4.69, 9.17) is 5.73 Å². The molecule has 1 fully saturated rings. The van der Waals surface area contributed by atoms with Crippen molar-refractivity contribution in [1.82, 2.24) is 10.2 Å². The van der Waals surface area contributed by atoms with Gasteiger partial charge in [0.1, 0.15) is 0 Å². The highest BCUT2D eigenvalue weighted by molar-refractivity contribution is 5.96. The predicted molar refractivity (Wildman–Crippen MR) is 57.2 cm³/mol. The summed E-state index contributed by atoms with van der Waals surface area (Å²) in [5, 5.41) is 2.60. The molecule has 3 N–H and O–H groups in total. The second-order valence-electron chi connectivity index (χ2n) is 4.26. The van der Waals surface area contributed by atoms with Crippen molar-refractivity contribution in [3.63, 3.8) is 0 Å². The van der Waals surface area contributed by atoms with Crippen LogP contribution in [0, 0.1) is 5.41 Å². The van der Waals surface area contributed by atoms with Gasteiger partial charge in [0.2, 0.25) is 18.2 Å². The molecule has 1 heterocycles. The maximum Gasteiger partial charge on any atom is 0.237 e. The van der Waals surface area contributed by atoms with E-state index in [1.54, 1.807) is 6.92 Å². The summed E-state index contributed by atoms with van der Waals surface area (Å²) < 4.78 is 0. The zero-order chi connectivity index (χ0) is 12.2. The van der Waals surface area contributed by atoms with Crippen LogP contribution >= 0.6 is 0 Å². The summed E-state index contributed by atoms with van der Waals surface area (Å²) in [5.41, 5.74) is 4.52. The average Bonchev–Trinajstić information content (AvgIpc) is 2.61. The molecule has 0 saturated carbocycles. The van der Waals surface area contributed by atoms with Gasteiger partial charge in [-0.3, -0.25) is 19.3 Å². The third-order valence-electron chi connectivity index (χ3n) is 2.73. The molecule has 0 aromatic carbocycles. The van der Waals surface area contributed by atoms with Crippen LogP contribution in [0.4, 0.5) is 0 Å². The zero-order valence-corrected chi connectivity index (χ0v) is 9.36. The summed E-state index contributed by atoms with van der Waals surface area (Å²) in [5.74, 6) is -0.463. The Labute approximate surface area is 94.2 Å². The minimum Gasteiger partial charge on any atom is -0.355 e. The fraction of sp³-hybridized carbons (Fsp3) is 0.700. The molecule has 1 unspecified atom stereocenters. The number of carbonyl (C=O) groups is 3. The Kier molecular flexibility index (Phi) is 4.00. The minimum absolute atomic E-state index is 0.138. The quantitative estimate of drug-likeness (QED) is 0.580. The smallest absolute Gasteiger partial charge is 0.237 e. The van der Waals surface area contributed by atoms with Gasteiger partial charge in [-0.05, 0) is 19.9 Å². The Balaban J connectivity index is 2.67. The van der Waals surface area contributed by atoms with Crippen LogP contribution in [-0.4, -0.2) is 42.8 Å². The van der Waals surface area contributed by atoms with Gasteiger partial charge < -0.3 is 11.1 Å². The molecule has 0 aromatic heterocycles. The number of amides is 3. The molecule has 0 radical (unpaired) electrons. The Bertz CT molecular complexity index is 306. The van der Waals surface area contributed by atoms with E-state index < -0.39 is 5.41 Å². The van der Waals surface area contributed by atoms with Crippen LogP contribution in [-0.2, 0) is 14.4 Å². The van der Waals surface area contributed by atoms with Crippen LogP contribution in [0.3, 0.4) is 0 Å². The molecule has 0 aromatic rings. The average molecular weight is 227 g/mol. The summed E-state index contributed by atoms with van der Waals surface area (Å²) in [6.07, 6.45) is 1.22. The fourth-order valence-corrected chi connectivity index (χ4v) is 1.73. The van der Waals surface area contributed by atoms with E-state index in [0.29, 0.717) is 25.9 Å². The number of nitrogens with zero attached hydrogens (tertiary/aromatic N) is 1. The normalized spacial score (nSPS) is 24.0. The molecule has 1 saturated heterocycles. The molecule has 0 bridgehead atoms. The van der Waals surface area contributed by atoms with Gasteiger partial charge in [0.05, 0.1) is 5.41 Å². The first kappa shape index (κ1) is 12.6. The van der Waals surface area contributed by atoms with E-state index in [-0.39, 0.29) is 24.8 Å². The van der Waals surface area contributed by atoms with Crippen molar-refractivity contribution < 1.29 is 14.4 Å². The van der Waals surface area contributed by atoms with Gasteiger partial charge in [0, 0.05) is 19.5 Å². The van der Waals surface area contributed by atoms with Crippen molar-refractivity contribution in [3.05, 3.63) is 0 Å². The molecular formula is C10H17N3O3. The van der Waals surface area contributed by atoms with Gasteiger partial charge in [0.15, 0.2) is 0 Å². The number of nitrogens with one attached hydrogen (secondary N) is 1. The van der Waals surface area contributed by atoms with Crippen LogP contribution in [0.5, 0.6) is 0 Å². The SMILES string of the molecule is CC1(C(=O)N(C=O)CCCN)CNC(=O)C1. The molecule has 90 valence electrons. The van der Waals surface area contributed by atoms with Crippen LogP contribution in [0.1, 0.15) is 19.8 Å². The second kappa shape index (κ2) is 5.07. The molecule has 1 rings (SSSR count). The standard InChI is InChI=1S/C10H17N3O3/c1-10(5-8(15)12-6-10)9(16)13(7-14)4-2-3-11/h7H,2-6,11H2,1H3,(H,12,15). The third-order valence-corrected chi connectivity index (χ3v) is 2.73. The molecule has 0 spiro atoms. The number of nitrogens with two attached hydrogens (primary N) is 1. The van der Waals surface area contributed by atoms with Gasteiger partial charge >= 0.3 is 0 Å². The predicted octanol–water partition coefficient (Wildman–Crippen LogP) is -1.15. The first-order chi connectivity index (χ1) is 7.53. The number of hydrogen-bond acceptors (Lipinski definition) is 4. The fourth-order valence-electron chi connectivity index (χ4n) is 1.73. The molecule has 1 atom stereocenters. The van der Waals surface area contributed by atoms with Crippen LogP contribution in [0.15, 0.2) is 0 Å². The number of rotatable bonds is 5. The van der Waals surface area contributed by atoms with Crippen molar-refractivity contribution in [2.24, 2.45) is 11.1 Å². The van der Waals surface area contributed by atoms with Gasteiger partial charge in [-0.2, -0.15) is 0 Å². The van der Waals surface area contributed by atoms with E-state index in [1.165, 1.54) is 0 Å². The van der Waals surface area contributed by atoms with Crippen LogP contribution in [0.25, 0.3) is 0 Å². The van der Waals surface area contributed by atoms with Gasteiger partial charge in [-0.15, -0.1) is 0 Å². The van der Waals surface area contributed by atoms with E-state index in [1.807, 2.05) is 0 Å². The number of imide groups is 1. The van der Waals surface area contributed by atoms with E-state index in [9.17, 15) is 14.4 Å². The molecular weight excluding hydrogens is 210 g/mol. The summed E-state index contributed by atoms with van der Waals surface area (Å²) >= 11 is 0. The van der Waals surface area contributed by atoms with Crippen LogP contribution < -0.4 is 11.1 Å². The topological polar surface area (TPSA) is 92.5 Å². The highest BCUT2D eigenvalue weighted by atomic mass is 16.2. The maximum absolute atomic E-state index is 12.0. The minimum atomic E-state index is -0.799. The van der Waals surface area contributed by atoms with Gasteiger partial charge in [-0.1, -0.05) is 0 Å². The summed E-state index contributed by atoms with van der Waals surface area (Å²) in [6, 6.07) is 0. The highest BCUT2D eigenvalue weighted by Crippen LogP contribution is 2.27. The lowest BCUT2D eigenvalue weighted by Crippen LogP contribution is -2.43. The lowest BCUT2D eigenvalue weighted by Gasteiger charge is -2.26. The highest BCUT2D eigenvalue weighted by Gasteiger charge is 2.42. The Hall–Kier alpha value is -1.43. The molecule has 16 heavy (non-hydrogen) atoms. The molecule has 3 amide bonds.